The summed E-state index contributed by atoms with van der Waals surface area (Å²) < 4.78 is 0. The zero-order chi connectivity index (χ0) is 13.0. The smallest absolute Gasteiger partial charge is 0.300 e. The van der Waals surface area contributed by atoms with Crippen LogP contribution in [0.3, 0.4) is 0 Å². The number of fused-ring (bicyclic) bond motifs is 9. The standard InChI is InChI=1S/C14H22.C2H4O2/c1-7-8(2)12-6-11(7)13-9-3-4-10(5-9)14(12)13;1-2(3)4/h7-14H,3-6H2,1-2H3;1H3,(H,3,4). The van der Waals surface area contributed by atoms with Crippen molar-refractivity contribution in [1.82, 2.24) is 0 Å². The first kappa shape index (κ1) is 12.5. The lowest BCUT2D eigenvalue weighted by molar-refractivity contribution is -0.134. The third-order valence-electron chi connectivity index (χ3n) is 6.76. The van der Waals surface area contributed by atoms with Crippen molar-refractivity contribution in [2.75, 3.05) is 0 Å². The molecule has 1 N–H and O–H groups in total. The van der Waals surface area contributed by atoms with Crippen LogP contribution in [0.5, 0.6) is 0 Å². The van der Waals surface area contributed by atoms with Gasteiger partial charge in [0.25, 0.3) is 5.97 Å². The normalized spacial score (nSPS) is 55.1. The summed E-state index contributed by atoms with van der Waals surface area (Å²) in [4.78, 5) is 9.00. The summed E-state index contributed by atoms with van der Waals surface area (Å²) in [6.07, 6.45) is 6.43. The highest BCUT2D eigenvalue weighted by atomic mass is 16.4. The molecule has 0 aliphatic heterocycles. The monoisotopic (exact) mass is 250 g/mol. The predicted molar refractivity (Wildman–Crippen MR) is 71.0 cm³/mol. The van der Waals surface area contributed by atoms with Gasteiger partial charge in [-0.05, 0) is 73.0 Å². The molecule has 0 saturated heterocycles. The maximum Gasteiger partial charge on any atom is 0.300 e. The molecule has 4 aliphatic rings. The van der Waals surface area contributed by atoms with E-state index in [-0.39, 0.29) is 0 Å². The fourth-order valence-corrected chi connectivity index (χ4v) is 6.19. The summed E-state index contributed by atoms with van der Waals surface area (Å²) >= 11 is 0. The van der Waals surface area contributed by atoms with Gasteiger partial charge in [0.15, 0.2) is 0 Å². The molecule has 102 valence electrons. The van der Waals surface area contributed by atoms with E-state index < -0.39 is 5.97 Å². The molecule has 0 radical (unpaired) electrons. The van der Waals surface area contributed by atoms with Crippen LogP contribution >= 0.6 is 0 Å². The fourth-order valence-electron chi connectivity index (χ4n) is 6.19. The summed E-state index contributed by atoms with van der Waals surface area (Å²) in [5, 5.41) is 7.42. The lowest BCUT2D eigenvalue weighted by Crippen LogP contribution is -2.35. The van der Waals surface area contributed by atoms with Crippen LogP contribution in [0.4, 0.5) is 0 Å². The Kier molecular flexibility index (Phi) is 2.95. The molecule has 4 aliphatic carbocycles. The first-order chi connectivity index (χ1) is 8.50. The molecule has 4 bridgehead atoms. The van der Waals surface area contributed by atoms with Gasteiger partial charge in [-0.2, -0.15) is 0 Å². The van der Waals surface area contributed by atoms with Crippen LogP contribution in [0.15, 0.2) is 0 Å². The Hall–Kier alpha value is -0.530. The van der Waals surface area contributed by atoms with Gasteiger partial charge < -0.3 is 5.11 Å². The van der Waals surface area contributed by atoms with E-state index >= 15 is 0 Å². The van der Waals surface area contributed by atoms with Crippen molar-refractivity contribution < 1.29 is 9.90 Å². The number of carboxylic acid groups (broad SMARTS) is 1. The first-order valence-corrected chi connectivity index (χ1v) is 7.70. The molecule has 4 saturated carbocycles. The lowest BCUT2D eigenvalue weighted by Gasteiger charge is -2.41. The average Bonchev–Trinajstić information content (AvgIpc) is 2.99. The Balaban J connectivity index is 0.000000223. The van der Waals surface area contributed by atoms with E-state index in [1.165, 1.54) is 23.7 Å². The molecular weight excluding hydrogens is 224 g/mol. The molecule has 0 heterocycles. The van der Waals surface area contributed by atoms with Crippen molar-refractivity contribution in [1.29, 1.82) is 0 Å². The number of carbonyl (C=O) groups is 1. The SMILES string of the molecule is CC(=O)O.CC1C(C)C2CC1C1C3CCC(C3)C21. The van der Waals surface area contributed by atoms with Gasteiger partial charge in [-0.25, -0.2) is 0 Å². The minimum atomic E-state index is -0.833. The highest BCUT2D eigenvalue weighted by Gasteiger charge is 2.63. The zero-order valence-corrected chi connectivity index (χ0v) is 11.8. The van der Waals surface area contributed by atoms with E-state index in [4.69, 9.17) is 9.90 Å². The Morgan fingerprint density at radius 2 is 1.33 bits per heavy atom. The fraction of sp³-hybridized carbons (Fsp3) is 0.938. The van der Waals surface area contributed by atoms with Crippen LogP contribution in [-0.4, -0.2) is 11.1 Å². The minimum absolute atomic E-state index is 0.833. The molecule has 0 amide bonds. The second-order valence-electron chi connectivity index (χ2n) is 7.29. The number of hydrogen-bond donors (Lipinski definition) is 1. The molecule has 4 fully saturated rings. The van der Waals surface area contributed by atoms with Gasteiger partial charge in [-0.15, -0.1) is 0 Å². The third kappa shape index (κ3) is 1.64. The van der Waals surface area contributed by atoms with Gasteiger partial charge >= 0.3 is 0 Å². The summed E-state index contributed by atoms with van der Waals surface area (Å²) in [5.41, 5.74) is 0. The number of hydrogen-bond acceptors (Lipinski definition) is 1. The number of aliphatic carboxylic acids is 1. The van der Waals surface area contributed by atoms with Gasteiger partial charge in [0, 0.05) is 6.92 Å². The van der Waals surface area contributed by atoms with Crippen LogP contribution < -0.4 is 0 Å². The number of carboxylic acids is 1. The largest absolute Gasteiger partial charge is 0.481 e. The van der Waals surface area contributed by atoms with Gasteiger partial charge in [-0.3, -0.25) is 4.79 Å². The molecule has 8 unspecified atom stereocenters. The molecule has 2 nitrogen and oxygen atoms in total. The number of rotatable bonds is 0. The molecule has 0 spiro atoms. The van der Waals surface area contributed by atoms with Crippen molar-refractivity contribution >= 4 is 5.97 Å². The second-order valence-corrected chi connectivity index (χ2v) is 7.29. The first-order valence-electron chi connectivity index (χ1n) is 7.70. The molecule has 8 atom stereocenters. The van der Waals surface area contributed by atoms with Gasteiger partial charge in [0.1, 0.15) is 0 Å². The zero-order valence-electron chi connectivity index (χ0n) is 11.8. The lowest BCUT2D eigenvalue weighted by atomic mass is 9.64. The topological polar surface area (TPSA) is 37.3 Å². The van der Waals surface area contributed by atoms with Crippen molar-refractivity contribution in [2.45, 2.75) is 46.5 Å². The van der Waals surface area contributed by atoms with E-state index in [0.29, 0.717) is 0 Å². The van der Waals surface area contributed by atoms with E-state index in [2.05, 4.69) is 13.8 Å². The van der Waals surface area contributed by atoms with E-state index in [1.807, 2.05) is 0 Å². The molecular formula is C16H26O2. The quantitative estimate of drug-likeness (QED) is 0.666. The van der Waals surface area contributed by atoms with Crippen molar-refractivity contribution in [3.63, 3.8) is 0 Å². The molecule has 18 heavy (non-hydrogen) atoms. The van der Waals surface area contributed by atoms with Crippen LogP contribution in [0, 0.1) is 47.3 Å². The minimum Gasteiger partial charge on any atom is -0.481 e. The van der Waals surface area contributed by atoms with Gasteiger partial charge in [0.2, 0.25) is 0 Å². The summed E-state index contributed by atoms with van der Waals surface area (Å²) in [6.45, 7) is 6.16. The summed E-state index contributed by atoms with van der Waals surface area (Å²) in [6, 6.07) is 0. The van der Waals surface area contributed by atoms with E-state index in [0.717, 1.165) is 30.6 Å². The third-order valence-corrected chi connectivity index (χ3v) is 6.76. The van der Waals surface area contributed by atoms with Crippen LogP contribution in [0.1, 0.15) is 46.5 Å². The summed E-state index contributed by atoms with van der Waals surface area (Å²) in [5.74, 6) is 8.33. The average molecular weight is 250 g/mol. The van der Waals surface area contributed by atoms with Gasteiger partial charge in [-0.1, -0.05) is 13.8 Å². The summed E-state index contributed by atoms with van der Waals surface area (Å²) in [7, 11) is 0. The predicted octanol–water partition coefficient (Wildman–Crippen LogP) is 3.66. The van der Waals surface area contributed by atoms with Crippen molar-refractivity contribution in [3.8, 4) is 0 Å². The van der Waals surface area contributed by atoms with Crippen molar-refractivity contribution in [3.05, 3.63) is 0 Å². The van der Waals surface area contributed by atoms with Crippen LogP contribution in [0.2, 0.25) is 0 Å². The van der Waals surface area contributed by atoms with Crippen LogP contribution in [0.25, 0.3) is 0 Å². The molecule has 2 heteroatoms. The second kappa shape index (κ2) is 4.25. The Morgan fingerprint density at radius 3 is 1.72 bits per heavy atom. The maximum absolute atomic E-state index is 9.00. The molecule has 0 aromatic rings. The highest BCUT2D eigenvalue weighted by molar-refractivity contribution is 5.62. The van der Waals surface area contributed by atoms with Crippen LogP contribution in [-0.2, 0) is 4.79 Å². The van der Waals surface area contributed by atoms with E-state index in [9.17, 15) is 0 Å². The van der Waals surface area contributed by atoms with Gasteiger partial charge in [0.05, 0.1) is 0 Å². The molecule has 0 aromatic carbocycles. The van der Waals surface area contributed by atoms with E-state index in [1.54, 1.807) is 25.7 Å². The molecule has 4 rings (SSSR count). The Morgan fingerprint density at radius 1 is 0.944 bits per heavy atom. The maximum atomic E-state index is 9.00. The molecule has 0 aromatic heterocycles. The Labute approximate surface area is 110 Å². The highest BCUT2D eigenvalue weighted by Crippen LogP contribution is 2.70. The Bertz CT molecular complexity index is 321. The van der Waals surface area contributed by atoms with Crippen molar-refractivity contribution in [2.24, 2.45) is 47.3 Å².